The van der Waals surface area contributed by atoms with E-state index in [0.717, 1.165) is 15.6 Å². The van der Waals surface area contributed by atoms with Crippen molar-refractivity contribution in [2.24, 2.45) is 0 Å². The van der Waals surface area contributed by atoms with Gasteiger partial charge in [0.15, 0.2) is 0 Å². The van der Waals surface area contributed by atoms with Crippen molar-refractivity contribution in [1.29, 1.82) is 0 Å². The highest BCUT2D eigenvalue weighted by atomic mass is 79.9. The number of aryl methyl sites for hydroxylation is 1. The summed E-state index contributed by atoms with van der Waals surface area (Å²) >= 11 is 3.44. The van der Waals surface area contributed by atoms with Crippen LogP contribution in [-0.4, -0.2) is 29.1 Å². The highest BCUT2D eigenvalue weighted by Gasteiger charge is 2.09. The lowest BCUT2D eigenvalue weighted by atomic mass is 10.1. The predicted molar refractivity (Wildman–Crippen MR) is 72.0 cm³/mol. The minimum absolute atomic E-state index is 0.0289. The number of hydrogen-bond donors (Lipinski definition) is 1. The number of halogens is 1. The van der Waals surface area contributed by atoms with Crippen molar-refractivity contribution >= 4 is 21.9 Å². The molecule has 0 radical (unpaired) electrons. The molecule has 17 heavy (non-hydrogen) atoms. The molecule has 0 fully saturated rings. The average molecular weight is 298 g/mol. The lowest BCUT2D eigenvalue weighted by Crippen LogP contribution is -2.29. The molecular formula is C13H16BrNO2. The molecule has 0 saturated heterocycles. The SMILES string of the molecule is C=CCN(CC(=O)O)Cc1ccc(Br)c(C)c1. The number of carbonyl (C=O) groups is 1. The van der Waals surface area contributed by atoms with Crippen LogP contribution in [0.1, 0.15) is 11.1 Å². The van der Waals surface area contributed by atoms with Crippen LogP contribution in [0.2, 0.25) is 0 Å². The van der Waals surface area contributed by atoms with Gasteiger partial charge in [0.05, 0.1) is 6.54 Å². The van der Waals surface area contributed by atoms with E-state index in [1.54, 1.807) is 6.08 Å². The van der Waals surface area contributed by atoms with Crippen molar-refractivity contribution in [2.75, 3.05) is 13.1 Å². The van der Waals surface area contributed by atoms with Crippen LogP contribution in [0, 0.1) is 6.92 Å². The van der Waals surface area contributed by atoms with Gasteiger partial charge in [0.2, 0.25) is 0 Å². The zero-order valence-corrected chi connectivity index (χ0v) is 11.4. The summed E-state index contributed by atoms with van der Waals surface area (Å²) in [6.07, 6.45) is 1.72. The van der Waals surface area contributed by atoms with Crippen LogP contribution in [0.5, 0.6) is 0 Å². The summed E-state index contributed by atoms with van der Waals surface area (Å²) in [5.41, 5.74) is 2.25. The topological polar surface area (TPSA) is 40.5 Å². The van der Waals surface area contributed by atoms with Crippen LogP contribution in [0.25, 0.3) is 0 Å². The first-order chi connectivity index (χ1) is 8.02. The molecular weight excluding hydrogens is 282 g/mol. The van der Waals surface area contributed by atoms with E-state index in [1.807, 2.05) is 24.0 Å². The fraction of sp³-hybridized carbons (Fsp3) is 0.308. The Hall–Kier alpha value is -1.13. The third kappa shape index (κ3) is 4.71. The molecule has 0 spiro atoms. The second-order valence-electron chi connectivity index (χ2n) is 3.94. The Labute approximate surface area is 110 Å². The van der Waals surface area contributed by atoms with E-state index < -0.39 is 5.97 Å². The summed E-state index contributed by atoms with van der Waals surface area (Å²) in [5, 5.41) is 8.80. The number of hydrogen-bond acceptors (Lipinski definition) is 2. The number of benzene rings is 1. The maximum Gasteiger partial charge on any atom is 0.317 e. The van der Waals surface area contributed by atoms with Gasteiger partial charge in [-0.2, -0.15) is 0 Å². The Morgan fingerprint density at radius 1 is 1.59 bits per heavy atom. The second-order valence-corrected chi connectivity index (χ2v) is 4.79. The van der Waals surface area contributed by atoms with Crippen LogP contribution in [0.15, 0.2) is 35.3 Å². The molecule has 1 N–H and O–H groups in total. The van der Waals surface area contributed by atoms with Crippen molar-refractivity contribution in [3.05, 3.63) is 46.5 Å². The molecule has 92 valence electrons. The number of rotatable bonds is 6. The largest absolute Gasteiger partial charge is 0.480 e. The molecule has 1 rings (SSSR count). The van der Waals surface area contributed by atoms with E-state index in [2.05, 4.69) is 28.6 Å². The van der Waals surface area contributed by atoms with E-state index in [4.69, 9.17) is 5.11 Å². The molecule has 0 saturated carbocycles. The minimum Gasteiger partial charge on any atom is -0.480 e. The number of carboxylic acids is 1. The number of nitrogens with zero attached hydrogens (tertiary/aromatic N) is 1. The molecule has 0 bridgehead atoms. The maximum absolute atomic E-state index is 10.7. The van der Waals surface area contributed by atoms with Gasteiger partial charge in [0.25, 0.3) is 0 Å². The molecule has 0 heterocycles. The van der Waals surface area contributed by atoms with E-state index in [1.165, 1.54) is 0 Å². The van der Waals surface area contributed by atoms with E-state index in [-0.39, 0.29) is 6.54 Å². The highest BCUT2D eigenvalue weighted by Crippen LogP contribution is 2.18. The van der Waals surface area contributed by atoms with Gasteiger partial charge in [-0.25, -0.2) is 0 Å². The third-order valence-electron chi connectivity index (χ3n) is 2.37. The lowest BCUT2D eigenvalue weighted by Gasteiger charge is -2.18. The average Bonchev–Trinajstić information content (AvgIpc) is 2.23. The molecule has 4 heteroatoms. The summed E-state index contributed by atoms with van der Waals surface area (Å²) in [7, 11) is 0. The Kier molecular flexibility index (Phi) is 5.38. The monoisotopic (exact) mass is 297 g/mol. The van der Waals surface area contributed by atoms with Crippen molar-refractivity contribution < 1.29 is 9.90 Å². The van der Waals surface area contributed by atoms with Crippen molar-refractivity contribution in [2.45, 2.75) is 13.5 Å². The van der Waals surface area contributed by atoms with Gasteiger partial charge < -0.3 is 5.11 Å². The quantitative estimate of drug-likeness (QED) is 0.821. The fourth-order valence-corrected chi connectivity index (χ4v) is 1.87. The summed E-state index contributed by atoms with van der Waals surface area (Å²) in [4.78, 5) is 12.5. The smallest absolute Gasteiger partial charge is 0.317 e. The van der Waals surface area contributed by atoms with Gasteiger partial charge in [-0.05, 0) is 24.1 Å². The molecule has 1 aromatic carbocycles. The van der Waals surface area contributed by atoms with Gasteiger partial charge in [0.1, 0.15) is 0 Å². The zero-order chi connectivity index (χ0) is 12.8. The second kappa shape index (κ2) is 6.57. The van der Waals surface area contributed by atoms with Crippen LogP contribution in [0.3, 0.4) is 0 Å². The summed E-state index contributed by atoms with van der Waals surface area (Å²) < 4.78 is 1.06. The molecule has 0 aromatic heterocycles. The first-order valence-corrected chi connectivity index (χ1v) is 6.12. The van der Waals surface area contributed by atoms with Gasteiger partial charge in [0, 0.05) is 17.6 Å². The van der Waals surface area contributed by atoms with Crippen LogP contribution < -0.4 is 0 Å². The zero-order valence-electron chi connectivity index (χ0n) is 9.82. The minimum atomic E-state index is -0.819. The molecule has 0 unspecified atom stereocenters. The Balaban J connectivity index is 2.74. The normalized spacial score (nSPS) is 10.5. The number of carboxylic acid groups (broad SMARTS) is 1. The Morgan fingerprint density at radius 3 is 2.82 bits per heavy atom. The van der Waals surface area contributed by atoms with E-state index in [9.17, 15) is 4.79 Å². The third-order valence-corrected chi connectivity index (χ3v) is 3.26. The van der Waals surface area contributed by atoms with Crippen LogP contribution in [-0.2, 0) is 11.3 Å². The van der Waals surface area contributed by atoms with Crippen molar-refractivity contribution in [3.8, 4) is 0 Å². The Morgan fingerprint density at radius 2 is 2.29 bits per heavy atom. The van der Waals surface area contributed by atoms with Gasteiger partial charge in [-0.3, -0.25) is 9.69 Å². The van der Waals surface area contributed by atoms with Crippen LogP contribution >= 0.6 is 15.9 Å². The van der Waals surface area contributed by atoms with E-state index in [0.29, 0.717) is 13.1 Å². The predicted octanol–water partition coefficient (Wildman–Crippen LogP) is 2.83. The highest BCUT2D eigenvalue weighted by molar-refractivity contribution is 9.10. The molecule has 3 nitrogen and oxygen atoms in total. The van der Waals surface area contributed by atoms with Crippen molar-refractivity contribution in [3.63, 3.8) is 0 Å². The standard InChI is InChI=1S/C13H16BrNO2/c1-3-6-15(9-13(16)17)8-11-4-5-12(14)10(2)7-11/h3-5,7H,1,6,8-9H2,2H3,(H,16,17). The summed E-state index contributed by atoms with van der Waals surface area (Å²) in [6, 6.07) is 6.04. The van der Waals surface area contributed by atoms with E-state index >= 15 is 0 Å². The first-order valence-electron chi connectivity index (χ1n) is 5.33. The number of aliphatic carboxylic acids is 1. The van der Waals surface area contributed by atoms with Crippen molar-refractivity contribution in [1.82, 2.24) is 4.90 Å². The van der Waals surface area contributed by atoms with Gasteiger partial charge in [-0.1, -0.05) is 34.1 Å². The summed E-state index contributed by atoms with van der Waals surface area (Å²) in [6.45, 7) is 6.87. The van der Waals surface area contributed by atoms with Crippen LogP contribution in [0.4, 0.5) is 0 Å². The molecule has 0 aliphatic rings. The van der Waals surface area contributed by atoms with Gasteiger partial charge in [-0.15, -0.1) is 6.58 Å². The maximum atomic E-state index is 10.7. The van der Waals surface area contributed by atoms with Gasteiger partial charge >= 0.3 is 5.97 Å². The first kappa shape index (κ1) is 13.9. The summed E-state index contributed by atoms with van der Waals surface area (Å²) in [5.74, 6) is -0.819. The Bertz CT molecular complexity index is 418. The molecule has 1 aromatic rings. The lowest BCUT2D eigenvalue weighted by molar-refractivity contribution is -0.138. The molecule has 0 aliphatic carbocycles. The molecule has 0 atom stereocenters. The molecule has 0 aliphatic heterocycles. The fourth-order valence-electron chi connectivity index (χ4n) is 1.62. The molecule has 0 amide bonds.